The Morgan fingerprint density at radius 2 is 1.95 bits per heavy atom. The topological polar surface area (TPSA) is 63.8 Å². The van der Waals surface area contributed by atoms with Crippen LogP contribution in [0.25, 0.3) is 10.7 Å². The minimum atomic E-state index is -0.515. The van der Waals surface area contributed by atoms with Crippen molar-refractivity contribution < 1.29 is 4.39 Å². The van der Waals surface area contributed by atoms with Gasteiger partial charge in [0.1, 0.15) is 0 Å². The lowest BCUT2D eigenvalue weighted by atomic mass is 9.95. The van der Waals surface area contributed by atoms with Crippen LogP contribution < -0.4 is 11.3 Å². The standard InChI is InChI=1S/C13H17FN4S/c1-7-10(14)12(18-15)17-11(16-7)8-5-6-9(19-8)13(2,3)4/h5-6H,15H2,1-4H3,(H,16,17,18). The fraction of sp³-hybridized carbons (Fsp3) is 0.385. The average molecular weight is 280 g/mol. The fourth-order valence-corrected chi connectivity index (χ4v) is 2.62. The van der Waals surface area contributed by atoms with E-state index in [2.05, 4.69) is 42.2 Å². The molecule has 102 valence electrons. The number of aromatic nitrogens is 2. The third kappa shape index (κ3) is 2.74. The largest absolute Gasteiger partial charge is 0.306 e. The third-order valence-corrected chi connectivity index (χ3v) is 4.23. The lowest BCUT2D eigenvalue weighted by Crippen LogP contribution is -2.12. The van der Waals surface area contributed by atoms with Gasteiger partial charge in [-0.2, -0.15) is 0 Å². The predicted octanol–water partition coefficient (Wildman–Crippen LogP) is 3.24. The van der Waals surface area contributed by atoms with E-state index in [1.165, 1.54) is 4.88 Å². The Kier molecular flexibility index (Phi) is 3.56. The van der Waals surface area contributed by atoms with Crippen molar-refractivity contribution in [2.75, 3.05) is 5.43 Å². The lowest BCUT2D eigenvalue weighted by molar-refractivity contribution is 0.604. The number of hydrazine groups is 1. The predicted molar refractivity (Wildman–Crippen MR) is 76.6 cm³/mol. The van der Waals surface area contributed by atoms with E-state index in [1.54, 1.807) is 18.3 Å². The second-order valence-corrected chi connectivity index (χ2v) is 6.44. The van der Waals surface area contributed by atoms with Crippen LogP contribution in [0.3, 0.4) is 0 Å². The molecule has 0 aliphatic carbocycles. The SMILES string of the molecule is Cc1nc(-c2ccc(C(C)(C)C)s2)nc(NN)c1F. The molecule has 0 amide bonds. The average Bonchev–Trinajstić information content (AvgIpc) is 2.81. The summed E-state index contributed by atoms with van der Waals surface area (Å²) in [5.41, 5.74) is 2.62. The molecular formula is C13H17FN4S. The summed E-state index contributed by atoms with van der Waals surface area (Å²) >= 11 is 1.61. The van der Waals surface area contributed by atoms with Gasteiger partial charge in [-0.1, -0.05) is 20.8 Å². The molecule has 6 heteroatoms. The molecule has 0 saturated heterocycles. The molecule has 0 spiro atoms. The Morgan fingerprint density at radius 3 is 2.47 bits per heavy atom. The van der Waals surface area contributed by atoms with Crippen LogP contribution in [-0.4, -0.2) is 9.97 Å². The van der Waals surface area contributed by atoms with Crippen molar-refractivity contribution in [1.82, 2.24) is 9.97 Å². The Balaban J connectivity index is 2.48. The highest BCUT2D eigenvalue weighted by Gasteiger charge is 2.18. The van der Waals surface area contributed by atoms with E-state index in [1.807, 2.05) is 6.07 Å². The number of nitrogens with two attached hydrogens (primary N) is 1. The molecule has 0 aliphatic rings. The van der Waals surface area contributed by atoms with E-state index in [4.69, 9.17) is 5.84 Å². The molecule has 0 aliphatic heterocycles. The molecule has 3 N–H and O–H groups in total. The minimum Gasteiger partial charge on any atom is -0.306 e. The van der Waals surface area contributed by atoms with Crippen LogP contribution in [0, 0.1) is 12.7 Å². The van der Waals surface area contributed by atoms with Crippen molar-refractivity contribution in [3.8, 4) is 10.7 Å². The van der Waals surface area contributed by atoms with Crippen molar-refractivity contribution in [1.29, 1.82) is 0 Å². The van der Waals surface area contributed by atoms with Gasteiger partial charge in [-0.3, -0.25) is 0 Å². The molecule has 0 radical (unpaired) electrons. The first kappa shape index (κ1) is 13.9. The molecule has 2 rings (SSSR count). The van der Waals surface area contributed by atoms with Crippen molar-refractivity contribution in [3.05, 3.63) is 28.5 Å². The molecule has 2 aromatic rings. The summed E-state index contributed by atoms with van der Waals surface area (Å²) in [7, 11) is 0. The maximum Gasteiger partial charge on any atom is 0.187 e. The number of anilines is 1. The van der Waals surface area contributed by atoms with Crippen LogP contribution in [0.5, 0.6) is 0 Å². The summed E-state index contributed by atoms with van der Waals surface area (Å²) < 4.78 is 13.6. The van der Waals surface area contributed by atoms with Gasteiger partial charge in [0.25, 0.3) is 0 Å². The highest BCUT2D eigenvalue weighted by molar-refractivity contribution is 7.15. The van der Waals surface area contributed by atoms with Gasteiger partial charge in [0.15, 0.2) is 17.5 Å². The smallest absolute Gasteiger partial charge is 0.187 e. The summed E-state index contributed by atoms with van der Waals surface area (Å²) in [6, 6.07) is 4.01. The van der Waals surface area contributed by atoms with E-state index in [0.717, 1.165) is 4.88 Å². The second-order valence-electron chi connectivity index (χ2n) is 5.35. The van der Waals surface area contributed by atoms with Gasteiger partial charge in [-0.05, 0) is 24.5 Å². The van der Waals surface area contributed by atoms with Gasteiger partial charge in [0.2, 0.25) is 0 Å². The number of nitrogens with one attached hydrogen (secondary N) is 1. The van der Waals surface area contributed by atoms with E-state index < -0.39 is 5.82 Å². The van der Waals surface area contributed by atoms with Crippen molar-refractivity contribution >= 4 is 17.2 Å². The summed E-state index contributed by atoms with van der Waals surface area (Å²) in [5, 5.41) is 0. The van der Waals surface area contributed by atoms with E-state index in [9.17, 15) is 4.39 Å². The molecule has 19 heavy (non-hydrogen) atoms. The van der Waals surface area contributed by atoms with Crippen LogP contribution >= 0.6 is 11.3 Å². The normalized spacial score (nSPS) is 11.7. The molecule has 0 unspecified atom stereocenters. The molecule has 0 saturated carbocycles. The Hall–Kier alpha value is -1.53. The number of nitrogens with zero attached hydrogens (tertiary/aromatic N) is 2. The first-order valence-corrected chi connectivity index (χ1v) is 6.76. The fourth-order valence-electron chi connectivity index (χ4n) is 1.63. The van der Waals surface area contributed by atoms with Crippen molar-refractivity contribution in [2.45, 2.75) is 33.1 Å². The number of aryl methyl sites for hydroxylation is 1. The molecule has 2 aromatic heterocycles. The van der Waals surface area contributed by atoms with Crippen molar-refractivity contribution in [3.63, 3.8) is 0 Å². The van der Waals surface area contributed by atoms with Gasteiger partial charge in [0, 0.05) is 4.88 Å². The quantitative estimate of drug-likeness (QED) is 0.655. The molecule has 0 atom stereocenters. The number of nitrogen functional groups attached to an aromatic ring is 1. The van der Waals surface area contributed by atoms with E-state index >= 15 is 0 Å². The minimum absolute atomic E-state index is 0.0215. The number of rotatable bonds is 2. The van der Waals surface area contributed by atoms with Crippen LogP contribution in [0.15, 0.2) is 12.1 Å². The maximum absolute atomic E-state index is 13.6. The van der Waals surface area contributed by atoms with E-state index in [0.29, 0.717) is 5.82 Å². The lowest BCUT2D eigenvalue weighted by Gasteiger charge is -2.15. The van der Waals surface area contributed by atoms with E-state index in [-0.39, 0.29) is 16.9 Å². The van der Waals surface area contributed by atoms with Gasteiger partial charge < -0.3 is 5.43 Å². The van der Waals surface area contributed by atoms with Crippen molar-refractivity contribution in [2.24, 2.45) is 5.84 Å². The Labute approximate surface area is 115 Å². The van der Waals surface area contributed by atoms with Gasteiger partial charge >= 0.3 is 0 Å². The zero-order valence-electron chi connectivity index (χ0n) is 11.4. The maximum atomic E-state index is 13.6. The number of halogens is 1. The molecule has 4 nitrogen and oxygen atoms in total. The van der Waals surface area contributed by atoms with Crippen LogP contribution in [0.4, 0.5) is 10.2 Å². The first-order chi connectivity index (χ1) is 8.82. The zero-order valence-corrected chi connectivity index (χ0v) is 12.2. The number of hydrogen-bond donors (Lipinski definition) is 2. The summed E-state index contributed by atoms with van der Waals surface area (Å²) in [4.78, 5) is 10.4. The highest BCUT2D eigenvalue weighted by atomic mass is 32.1. The first-order valence-electron chi connectivity index (χ1n) is 5.94. The molecule has 0 fully saturated rings. The summed E-state index contributed by atoms with van der Waals surface area (Å²) in [6.45, 7) is 8.03. The number of thiophene rings is 1. The Bertz CT molecular complexity index is 601. The summed E-state index contributed by atoms with van der Waals surface area (Å²) in [6.07, 6.45) is 0. The monoisotopic (exact) mass is 280 g/mol. The molecule has 2 heterocycles. The van der Waals surface area contributed by atoms with Gasteiger partial charge in [0.05, 0.1) is 10.6 Å². The molecule has 0 bridgehead atoms. The third-order valence-electron chi connectivity index (χ3n) is 2.72. The van der Waals surface area contributed by atoms with Crippen LogP contribution in [0.2, 0.25) is 0 Å². The van der Waals surface area contributed by atoms with Gasteiger partial charge in [-0.25, -0.2) is 20.2 Å². The molecule has 0 aromatic carbocycles. The number of hydrogen-bond acceptors (Lipinski definition) is 5. The van der Waals surface area contributed by atoms with Crippen LogP contribution in [0.1, 0.15) is 31.3 Å². The van der Waals surface area contributed by atoms with Crippen LogP contribution in [-0.2, 0) is 5.41 Å². The van der Waals surface area contributed by atoms with Gasteiger partial charge in [-0.15, -0.1) is 11.3 Å². The highest BCUT2D eigenvalue weighted by Crippen LogP contribution is 2.34. The second kappa shape index (κ2) is 4.86. The molecular weight excluding hydrogens is 263 g/mol. The zero-order chi connectivity index (χ0) is 14.2. The Morgan fingerprint density at radius 1 is 1.26 bits per heavy atom. The summed E-state index contributed by atoms with van der Waals surface area (Å²) in [5.74, 6) is 5.26.